The first-order chi connectivity index (χ1) is 11.7. The molecule has 0 saturated carbocycles. The molecule has 1 heterocycles. The van der Waals surface area contributed by atoms with Crippen LogP contribution < -0.4 is 15.4 Å². The van der Waals surface area contributed by atoms with Gasteiger partial charge < -0.3 is 20.5 Å². The van der Waals surface area contributed by atoms with Crippen LogP contribution in [0.25, 0.3) is 0 Å². The average Bonchev–Trinajstić information content (AvgIpc) is 3.09. The Morgan fingerprint density at radius 1 is 1.12 bits per heavy atom. The van der Waals surface area contributed by atoms with Gasteiger partial charge in [0.05, 0.1) is 12.6 Å². The Bertz CT molecular complexity index is 679. The topological polar surface area (TPSA) is 65.9 Å². The molecule has 1 aliphatic heterocycles. The van der Waals surface area contributed by atoms with E-state index in [1.54, 1.807) is 6.92 Å². The first-order valence-corrected chi connectivity index (χ1v) is 8.23. The minimum atomic E-state index is -0.456. The highest BCUT2D eigenvalue weighted by atomic mass is 16.5. The first-order valence-electron chi connectivity index (χ1n) is 8.23. The molecule has 0 fully saturated rings. The minimum Gasteiger partial charge on any atom is -0.491 e. The fraction of sp³-hybridized carbons (Fsp3) is 0.316. The van der Waals surface area contributed by atoms with Gasteiger partial charge in [-0.15, -0.1) is 0 Å². The Morgan fingerprint density at radius 3 is 2.38 bits per heavy atom. The average molecular weight is 325 g/mol. The summed E-state index contributed by atoms with van der Waals surface area (Å²) in [5.41, 5.74) is 3.51. The van der Waals surface area contributed by atoms with Gasteiger partial charge in [-0.1, -0.05) is 24.3 Å². The normalized spacial score (nSPS) is 14.7. The van der Waals surface area contributed by atoms with Crippen LogP contribution in [0.5, 0.6) is 5.75 Å². The lowest BCUT2D eigenvalue weighted by atomic mass is 10.0. The maximum absolute atomic E-state index is 9.23. The zero-order chi connectivity index (χ0) is 16.8. The van der Waals surface area contributed by atoms with Crippen LogP contribution in [0.4, 0.5) is 5.69 Å². The summed E-state index contributed by atoms with van der Waals surface area (Å²) in [4.78, 5) is 4.32. The van der Waals surface area contributed by atoms with Crippen molar-refractivity contribution in [1.82, 2.24) is 5.32 Å². The van der Waals surface area contributed by atoms with E-state index in [1.165, 1.54) is 11.1 Å². The molecule has 2 aromatic carbocycles. The van der Waals surface area contributed by atoms with Crippen molar-refractivity contribution in [3.63, 3.8) is 0 Å². The zero-order valence-electron chi connectivity index (χ0n) is 13.8. The fourth-order valence-corrected chi connectivity index (χ4v) is 2.48. The summed E-state index contributed by atoms with van der Waals surface area (Å²) in [5, 5.41) is 15.7. The number of aliphatic hydroxyl groups is 1. The van der Waals surface area contributed by atoms with Gasteiger partial charge in [-0.2, -0.15) is 0 Å². The smallest absolute Gasteiger partial charge is 0.195 e. The number of ether oxygens (including phenoxy) is 1. The van der Waals surface area contributed by atoms with E-state index in [1.807, 2.05) is 12.1 Å². The lowest BCUT2D eigenvalue weighted by Gasteiger charge is -2.10. The van der Waals surface area contributed by atoms with Crippen LogP contribution >= 0.6 is 0 Å². The molecule has 24 heavy (non-hydrogen) atoms. The van der Waals surface area contributed by atoms with Crippen molar-refractivity contribution in [3.8, 4) is 5.75 Å². The van der Waals surface area contributed by atoms with Crippen molar-refractivity contribution >= 4 is 11.6 Å². The van der Waals surface area contributed by atoms with Gasteiger partial charge in [-0.05, 0) is 48.7 Å². The predicted molar refractivity (Wildman–Crippen MR) is 96.8 cm³/mol. The van der Waals surface area contributed by atoms with Crippen LogP contribution in [0.15, 0.2) is 53.5 Å². The van der Waals surface area contributed by atoms with Gasteiger partial charge in [0.15, 0.2) is 5.96 Å². The number of aliphatic hydroxyl groups excluding tert-OH is 1. The monoisotopic (exact) mass is 325 g/mol. The predicted octanol–water partition coefficient (Wildman–Crippen LogP) is 2.41. The number of benzene rings is 2. The van der Waals surface area contributed by atoms with Crippen molar-refractivity contribution in [2.75, 3.05) is 25.0 Å². The molecule has 2 aromatic rings. The molecular weight excluding hydrogens is 302 g/mol. The van der Waals surface area contributed by atoms with E-state index in [9.17, 15) is 5.11 Å². The third-order valence-corrected chi connectivity index (χ3v) is 3.71. The molecule has 0 spiro atoms. The minimum absolute atomic E-state index is 0.313. The Morgan fingerprint density at radius 2 is 1.79 bits per heavy atom. The third kappa shape index (κ3) is 4.73. The highest BCUT2D eigenvalue weighted by Crippen LogP contribution is 2.17. The summed E-state index contributed by atoms with van der Waals surface area (Å²) < 4.78 is 5.48. The first kappa shape index (κ1) is 16.3. The summed E-state index contributed by atoms with van der Waals surface area (Å²) in [5.74, 6) is 1.62. The largest absolute Gasteiger partial charge is 0.491 e. The van der Waals surface area contributed by atoms with E-state index >= 15 is 0 Å². The second-order valence-corrected chi connectivity index (χ2v) is 5.96. The molecule has 5 nitrogen and oxygen atoms in total. The summed E-state index contributed by atoms with van der Waals surface area (Å²) in [6, 6.07) is 16.4. The van der Waals surface area contributed by atoms with Gasteiger partial charge in [0.2, 0.25) is 0 Å². The summed E-state index contributed by atoms with van der Waals surface area (Å²) >= 11 is 0. The SMILES string of the molecule is CC(O)COc1ccc(Cc2ccc(NC3=NCCN3)cc2)cc1. The van der Waals surface area contributed by atoms with Crippen molar-refractivity contribution < 1.29 is 9.84 Å². The Hall–Kier alpha value is -2.53. The van der Waals surface area contributed by atoms with Crippen LogP contribution in [-0.2, 0) is 6.42 Å². The Labute approximate surface area is 142 Å². The van der Waals surface area contributed by atoms with Gasteiger partial charge in [-0.3, -0.25) is 4.99 Å². The van der Waals surface area contributed by atoms with E-state index in [-0.39, 0.29) is 0 Å². The standard InChI is InChI=1S/C19H23N3O2/c1-14(23)13-24-18-8-4-16(5-9-18)12-15-2-6-17(7-3-15)22-19-20-10-11-21-19/h2-9,14,23H,10-13H2,1H3,(H2,20,21,22). The highest BCUT2D eigenvalue weighted by Gasteiger charge is 2.05. The van der Waals surface area contributed by atoms with Crippen LogP contribution in [0.3, 0.4) is 0 Å². The van der Waals surface area contributed by atoms with Crippen molar-refractivity contribution in [1.29, 1.82) is 0 Å². The van der Waals surface area contributed by atoms with Crippen LogP contribution in [0.1, 0.15) is 18.1 Å². The molecule has 0 saturated heterocycles. The molecule has 3 rings (SSSR count). The molecule has 1 unspecified atom stereocenters. The number of hydrogen-bond acceptors (Lipinski definition) is 5. The van der Waals surface area contributed by atoms with Crippen molar-refractivity contribution in [3.05, 3.63) is 59.7 Å². The van der Waals surface area contributed by atoms with E-state index in [4.69, 9.17) is 4.74 Å². The molecular formula is C19H23N3O2. The maximum Gasteiger partial charge on any atom is 0.195 e. The molecule has 1 aliphatic rings. The molecule has 0 aliphatic carbocycles. The molecule has 0 radical (unpaired) electrons. The van der Waals surface area contributed by atoms with E-state index < -0.39 is 6.10 Å². The molecule has 126 valence electrons. The maximum atomic E-state index is 9.23. The number of nitrogens with one attached hydrogen (secondary N) is 2. The number of guanidine groups is 1. The Kier molecular flexibility index (Phi) is 5.33. The van der Waals surface area contributed by atoms with Gasteiger partial charge in [0.25, 0.3) is 0 Å². The number of nitrogens with zero attached hydrogens (tertiary/aromatic N) is 1. The quantitative estimate of drug-likeness (QED) is 0.763. The van der Waals surface area contributed by atoms with E-state index in [0.717, 1.165) is 36.9 Å². The number of anilines is 1. The van der Waals surface area contributed by atoms with Gasteiger partial charge in [0.1, 0.15) is 12.4 Å². The molecule has 0 bridgehead atoms. The number of aliphatic imine (C=N–C) groups is 1. The molecule has 1 atom stereocenters. The number of rotatable bonds is 6. The molecule has 0 aromatic heterocycles. The van der Waals surface area contributed by atoms with Gasteiger partial charge in [0, 0.05) is 12.2 Å². The van der Waals surface area contributed by atoms with Crippen LogP contribution in [0.2, 0.25) is 0 Å². The van der Waals surface area contributed by atoms with Gasteiger partial charge >= 0.3 is 0 Å². The lowest BCUT2D eigenvalue weighted by molar-refractivity contribution is 0.122. The molecule has 0 amide bonds. The summed E-state index contributed by atoms with van der Waals surface area (Å²) in [6.45, 7) is 3.75. The molecule has 3 N–H and O–H groups in total. The second-order valence-electron chi connectivity index (χ2n) is 5.96. The molecule has 5 heteroatoms. The zero-order valence-corrected chi connectivity index (χ0v) is 13.8. The lowest BCUT2D eigenvalue weighted by Crippen LogP contribution is -2.26. The van der Waals surface area contributed by atoms with Gasteiger partial charge in [-0.25, -0.2) is 0 Å². The van der Waals surface area contributed by atoms with E-state index in [2.05, 4.69) is 52.0 Å². The van der Waals surface area contributed by atoms with Crippen LogP contribution in [-0.4, -0.2) is 36.9 Å². The third-order valence-electron chi connectivity index (χ3n) is 3.71. The summed E-state index contributed by atoms with van der Waals surface area (Å²) in [6.07, 6.45) is 0.415. The Balaban J connectivity index is 1.55. The number of hydrogen-bond donors (Lipinski definition) is 3. The summed E-state index contributed by atoms with van der Waals surface area (Å²) in [7, 11) is 0. The van der Waals surface area contributed by atoms with Crippen molar-refractivity contribution in [2.45, 2.75) is 19.4 Å². The van der Waals surface area contributed by atoms with E-state index in [0.29, 0.717) is 6.61 Å². The fourth-order valence-electron chi connectivity index (χ4n) is 2.48. The second kappa shape index (κ2) is 7.84. The highest BCUT2D eigenvalue weighted by molar-refractivity contribution is 5.94. The van der Waals surface area contributed by atoms with Crippen LogP contribution in [0, 0.1) is 0 Å². The van der Waals surface area contributed by atoms with Crippen molar-refractivity contribution in [2.24, 2.45) is 4.99 Å².